The minimum absolute atomic E-state index is 0.488. The molecule has 2 rings (SSSR count). The molecule has 0 spiro atoms. The molecule has 4 nitrogen and oxygen atoms in total. The van der Waals surface area contributed by atoms with Crippen LogP contribution >= 0.6 is 11.6 Å². The number of ether oxygens (including phenoxy) is 1. The maximum atomic E-state index is 13.5. The van der Waals surface area contributed by atoms with Crippen molar-refractivity contribution in [3.63, 3.8) is 0 Å². The van der Waals surface area contributed by atoms with Crippen molar-refractivity contribution in [2.75, 3.05) is 5.32 Å². The van der Waals surface area contributed by atoms with E-state index in [0.29, 0.717) is 16.7 Å². The number of hydrogen-bond donors (Lipinski definition) is 1. The van der Waals surface area contributed by atoms with Gasteiger partial charge in [-0.15, -0.1) is 0 Å². The van der Waals surface area contributed by atoms with E-state index in [2.05, 4.69) is 0 Å². The van der Waals surface area contributed by atoms with Crippen LogP contribution in [0.2, 0.25) is 5.02 Å². The molecule has 1 amide bonds. The fourth-order valence-corrected chi connectivity index (χ4v) is 2.10. The van der Waals surface area contributed by atoms with Gasteiger partial charge in [-0.3, -0.25) is 4.79 Å². The standard InChI is InChI=1S/C18H13ClF3NO3/c1-10(18(25)23-14-7-6-13(20)16(21)17(14)22)26-15(24)8-5-11-3-2-4-12(19)9-11/h2-10H,1H3,(H,23,25)/b8-5+/t10-/m1/s1. The molecule has 0 aliphatic carbocycles. The number of amides is 1. The van der Waals surface area contributed by atoms with Crippen LogP contribution in [-0.4, -0.2) is 18.0 Å². The summed E-state index contributed by atoms with van der Waals surface area (Å²) in [6.45, 7) is 1.25. The van der Waals surface area contributed by atoms with Crippen molar-refractivity contribution < 1.29 is 27.5 Å². The van der Waals surface area contributed by atoms with E-state index in [4.69, 9.17) is 16.3 Å². The van der Waals surface area contributed by atoms with E-state index in [-0.39, 0.29) is 0 Å². The molecule has 0 fully saturated rings. The summed E-state index contributed by atoms with van der Waals surface area (Å²) in [4.78, 5) is 23.6. The maximum Gasteiger partial charge on any atom is 0.331 e. The van der Waals surface area contributed by atoms with Gasteiger partial charge in [0.05, 0.1) is 5.69 Å². The predicted octanol–water partition coefficient (Wildman–Crippen LogP) is 4.34. The summed E-state index contributed by atoms with van der Waals surface area (Å²) in [5, 5.41) is 2.51. The molecule has 0 heterocycles. The van der Waals surface area contributed by atoms with Gasteiger partial charge in [-0.25, -0.2) is 18.0 Å². The zero-order valence-corrected chi connectivity index (χ0v) is 14.2. The molecule has 8 heteroatoms. The summed E-state index contributed by atoms with van der Waals surface area (Å²) < 4.78 is 44.4. The second-order valence-corrected chi connectivity index (χ2v) is 5.62. The van der Waals surface area contributed by atoms with Gasteiger partial charge < -0.3 is 10.1 Å². The van der Waals surface area contributed by atoms with Crippen molar-refractivity contribution in [2.24, 2.45) is 0 Å². The molecule has 0 aliphatic rings. The lowest BCUT2D eigenvalue weighted by Crippen LogP contribution is -2.29. The van der Waals surface area contributed by atoms with E-state index in [0.717, 1.165) is 12.1 Å². The van der Waals surface area contributed by atoms with Gasteiger partial charge >= 0.3 is 5.97 Å². The number of nitrogens with one attached hydrogen (secondary N) is 1. The Labute approximate surface area is 152 Å². The van der Waals surface area contributed by atoms with Crippen LogP contribution in [0.1, 0.15) is 12.5 Å². The summed E-state index contributed by atoms with van der Waals surface area (Å²) in [5.74, 6) is -6.36. The Bertz CT molecular complexity index is 871. The molecule has 1 N–H and O–H groups in total. The Morgan fingerprint density at radius 1 is 1.15 bits per heavy atom. The first-order chi connectivity index (χ1) is 12.3. The fraction of sp³-hybridized carbons (Fsp3) is 0.111. The molecule has 0 aliphatic heterocycles. The Morgan fingerprint density at radius 2 is 1.88 bits per heavy atom. The highest BCUT2D eigenvalue weighted by Crippen LogP contribution is 2.20. The minimum atomic E-state index is -1.71. The largest absolute Gasteiger partial charge is 0.449 e. The Hall–Kier alpha value is -2.80. The minimum Gasteiger partial charge on any atom is -0.449 e. The van der Waals surface area contributed by atoms with Gasteiger partial charge in [0.15, 0.2) is 23.6 Å². The molecule has 1 atom stereocenters. The SMILES string of the molecule is C[C@@H](OC(=O)/C=C/c1cccc(Cl)c1)C(=O)Nc1ccc(F)c(F)c1F. The second kappa shape index (κ2) is 8.53. The van der Waals surface area contributed by atoms with Crippen molar-refractivity contribution in [3.8, 4) is 0 Å². The highest BCUT2D eigenvalue weighted by molar-refractivity contribution is 6.30. The molecular weight excluding hydrogens is 371 g/mol. The number of benzene rings is 2. The van der Waals surface area contributed by atoms with Gasteiger partial charge in [0.25, 0.3) is 5.91 Å². The first kappa shape index (κ1) is 19.5. The number of esters is 1. The summed E-state index contributed by atoms with van der Waals surface area (Å²) in [5.41, 5.74) is 0.0849. The third-order valence-electron chi connectivity index (χ3n) is 3.22. The zero-order valence-electron chi connectivity index (χ0n) is 13.4. The first-order valence-corrected chi connectivity index (χ1v) is 7.74. The molecule has 136 valence electrons. The third kappa shape index (κ3) is 5.10. The highest BCUT2D eigenvalue weighted by atomic mass is 35.5. The van der Waals surface area contributed by atoms with E-state index in [9.17, 15) is 22.8 Å². The third-order valence-corrected chi connectivity index (χ3v) is 3.45. The lowest BCUT2D eigenvalue weighted by Gasteiger charge is -2.13. The number of anilines is 1. The Kier molecular flexibility index (Phi) is 6.41. The second-order valence-electron chi connectivity index (χ2n) is 5.18. The molecule has 2 aromatic carbocycles. The summed E-state index contributed by atoms with van der Waals surface area (Å²) in [6.07, 6.45) is 1.24. The van der Waals surface area contributed by atoms with Crippen molar-refractivity contribution in [2.45, 2.75) is 13.0 Å². The summed E-state index contributed by atoms with van der Waals surface area (Å²) >= 11 is 5.81. The normalized spacial score (nSPS) is 12.0. The van der Waals surface area contributed by atoms with Gasteiger partial charge in [-0.1, -0.05) is 23.7 Å². The Balaban J connectivity index is 1.96. The summed E-state index contributed by atoms with van der Waals surface area (Å²) in [7, 11) is 0. The lowest BCUT2D eigenvalue weighted by atomic mass is 10.2. The molecule has 0 saturated heterocycles. The molecule has 0 radical (unpaired) electrons. The first-order valence-electron chi connectivity index (χ1n) is 7.36. The molecule has 2 aromatic rings. The number of halogens is 4. The number of rotatable bonds is 5. The topological polar surface area (TPSA) is 55.4 Å². The van der Waals surface area contributed by atoms with Crippen molar-refractivity contribution >= 4 is 35.2 Å². The molecule has 0 bridgehead atoms. The molecular formula is C18H13ClF3NO3. The molecule has 26 heavy (non-hydrogen) atoms. The van der Waals surface area contributed by atoms with Crippen molar-refractivity contribution in [3.05, 3.63) is 70.5 Å². The maximum absolute atomic E-state index is 13.5. The highest BCUT2D eigenvalue weighted by Gasteiger charge is 2.20. The van der Waals surface area contributed by atoms with Crippen LogP contribution in [-0.2, 0) is 14.3 Å². The van der Waals surface area contributed by atoms with E-state index in [1.807, 2.05) is 5.32 Å². The monoisotopic (exact) mass is 383 g/mol. The van der Waals surface area contributed by atoms with E-state index in [1.54, 1.807) is 24.3 Å². The number of carbonyl (C=O) groups is 2. The van der Waals surface area contributed by atoms with Crippen molar-refractivity contribution in [1.29, 1.82) is 0 Å². The average Bonchev–Trinajstić information content (AvgIpc) is 2.60. The molecule has 0 aromatic heterocycles. The van der Waals surface area contributed by atoms with Gasteiger partial charge in [0, 0.05) is 11.1 Å². The van der Waals surface area contributed by atoms with Gasteiger partial charge in [0.1, 0.15) is 0 Å². The zero-order chi connectivity index (χ0) is 19.3. The van der Waals surface area contributed by atoms with Crippen LogP contribution in [0, 0.1) is 17.5 Å². The molecule has 0 unspecified atom stereocenters. The molecule has 0 saturated carbocycles. The smallest absolute Gasteiger partial charge is 0.331 e. The van der Waals surface area contributed by atoms with Crippen LogP contribution in [0.5, 0.6) is 0 Å². The quantitative estimate of drug-likeness (QED) is 0.474. The van der Waals surface area contributed by atoms with Gasteiger partial charge in [-0.05, 0) is 42.8 Å². The van der Waals surface area contributed by atoms with Crippen LogP contribution in [0.4, 0.5) is 18.9 Å². The summed E-state index contributed by atoms with van der Waals surface area (Å²) in [6, 6.07) is 8.21. The fourth-order valence-electron chi connectivity index (χ4n) is 1.90. The van der Waals surface area contributed by atoms with E-state index < -0.39 is 41.1 Å². The lowest BCUT2D eigenvalue weighted by molar-refractivity contribution is -0.148. The number of hydrogen-bond acceptors (Lipinski definition) is 3. The van der Waals surface area contributed by atoms with Gasteiger partial charge in [-0.2, -0.15) is 0 Å². The van der Waals surface area contributed by atoms with Crippen LogP contribution in [0.3, 0.4) is 0 Å². The van der Waals surface area contributed by atoms with Crippen LogP contribution in [0.25, 0.3) is 6.08 Å². The van der Waals surface area contributed by atoms with E-state index in [1.165, 1.54) is 13.0 Å². The number of carbonyl (C=O) groups excluding carboxylic acids is 2. The Morgan fingerprint density at radius 3 is 2.58 bits per heavy atom. The van der Waals surface area contributed by atoms with Gasteiger partial charge in [0.2, 0.25) is 0 Å². The van der Waals surface area contributed by atoms with E-state index >= 15 is 0 Å². The van der Waals surface area contributed by atoms with Crippen LogP contribution in [0.15, 0.2) is 42.5 Å². The predicted molar refractivity (Wildman–Crippen MR) is 91.0 cm³/mol. The van der Waals surface area contributed by atoms with Crippen molar-refractivity contribution in [1.82, 2.24) is 0 Å². The van der Waals surface area contributed by atoms with Crippen LogP contribution < -0.4 is 5.32 Å². The average molecular weight is 384 g/mol.